The number of nitrogens with one attached hydrogen (secondary N) is 2. The zero-order chi connectivity index (χ0) is 23.0. The SMILES string of the molecule is CC/C(=C\c1ccccc1)C1CC1NC[C@H]1CC[C@H](NCc2ccc(C(=O)OC)cc2)CC1.Cl.Cl. The second kappa shape index (κ2) is 14.6. The molecule has 2 saturated carbocycles. The molecule has 2 aliphatic carbocycles. The van der Waals surface area contributed by atoms with Crippen molar-refractivity contribution in [3.8, 4) is 0 Å². The summed E-state index contributed by atoms with van der Waals surface area (Å²) in [7, 11) is 1.41. The minimum absolute atomic E-state index is 0. The normalized spacial score (nSPS) is 23.5. The van der Waals surface area contributed by atoms with E-state index in [1.165, 1.54) is 50.3 Å². The van der Waals surface area contributed by atoms with E-state index in [4.69, 9.17) is 4.74 Å². The molecule has 6 heteroatoms. The Bertz CT molecular complexity index is 925. The Morgan fingerprint density at radius 3 is 2.29 bits per heavy atom. The predicted octanol–water partition coefficient (Wildman–Crippen LogP) is 6.44. The second-order valence-corrected chi connectivity index (χ2v) is 9.63. The lowest BCUT2D eigenvalue weighted by molar-refractivity contribution is 0.0600. The molecule has 0 radical (unpaired) electrons. The monoisotopic (exact) mass is 518 g/mol. The van der Waals surface area contributed by atoms with E-state index < -0.39 is 0 Å². The molecule has 2 aromatic rings. The molecule has 2 N–H and O–H groups in total. The molecule has 2 atom stereocenters. The molecular formula is C29H40Cl2N2O2. The van der Waals surface area contributed by atoms with Gasteiger partial charge in [0, 0.05) is 18.6 Å². The fourth-order valence-electron chi connectivity index (χ4n) is 5.09. The zero-order valence-electron chi connectivity index (χ0n) is 20.9. The molecule has 2 aliphatic rings. The first kappa shape index (κ1) is 29.4. The summed E-state index contributed by atoms with van der Waals surface area (Å²) in [4.78, 5) is 11.6. The van der Waals surface area contributed by atoms with Gasteiger partial charge in [0.15, 0.2) is 0 Å². The maximum Gasteiger partial charge on any atom is 0.337 e. The Hall–Kier alpha value is -1.85. The number of ether oxygens (including phenoxy) is 1. The molecule has 0 saturated heterocycles. The van der Waals surface area contributed by atoms with Crippen LogP contribution in [0.25, 0.3) is 6.08 Å². The Kier molecular flexibility index (Phi) is 12.3. The number of hydrogen-bond acceptors (Lipinski definition) is 4. The van der Waals surface area contributed by atoms with E-state index in [-0.39, 0.29) is 30.8 Å². The smallest absolute Gasteiger partial charge is 0.337 e. The Labute approximate surface area is 223 Å². The van der Waals surface area contributed by atoms with Crippen molar-refractivity contribution in [1.82, 2.24) is 10.6 Å². The van der Waals surface area contributed by atoms with E-state index in [0.717, 1.165) is 31.3 Å². The van der Waals surface area contributed by atoms with E-state index in [0.29, 0.717) is 17.6 Å². The topological polar surface area (TPSA) is 50.4 Å². The van der Waals surface area contributed by atoms with Crippen LogP contribution in [0.5, 0.6) is 0 Å². The quantitative estimate of drug-likeness (QED) is 0.355. The highest BCUT2D eigenvalue weighted by Gasteiger charge is 2.39. The maximum atomic E-state index is 11.6. The van der Waals surface area contributed by atoms with Gasteiger partial charge in [-0.1, -0.05) is 61.0 Å². The second-order valence-electron chi connectivity index (χ2n) is 9.63. The molecule has 2 aromatic carbocycles. The van der Waals surface area contributed by atoms with Crippen molar-refractivity contribution in [2.45, 2.75) is 64.1 Å². The van der Waals surface area contributed by atoms with Crippen LogP contribution in [0.3, 0.4) is 0 Å². The van der Waals surface area contributed by atoms with E-state index in [1.807, 2.05) is 24.3 Å². The lowest BCUT2D eigenvalue weighted by atomic mass is 9.86. The number of benzene rings is 2. The first-order valence-electron chi connectivity index (χ1n) is 12.6. The van der Waals surface area contributed by atoms with E-state index in [9.17, 15) is 4.79 Å². The van der Waals surface area contributed by atoms with Gasteiger partial charge in [0.2, 0.25) is 0 Å². The Morgan fingerprint density at radius 1 is 0.971 bits per heavy atom. The summed E-state index contributed by atoms with van der Waals surface area (Å²) in [5, 5.41) is 7.58. The van der Waals surface area contributed by atoms with Gasteiger partial charge in [-0.2, -0.15) is 0 Å². The Morgan fingerprint density at radius 2 is 1.66 bits per heavy atom. The zero-order valence-corrected chi connectivity index (χ0v) is 22.5. The highest BCUT2D eigenvalue weighted by Crippen LogP contribution is 2.40. The molecule has 0 amide bonds. The van der Waals surface area contributed by atoms with Gasteiger partial charge in [-0.25, -0.2) is 4.79 Å². The van der Waals surface area contributed by atoms with E-state index in [2.05, 4.69) is 54.0 Å². The van der Waals surface area contributed by atoms with Crippen molar-refractivity contribution < 1.29 is 9.53 Å². The van der Waals surface area contributed by atoms with Gasteiger partial charge in [-0.15, -0.1) is 24.8 Å². The molecule has 0 spiro atoms. The number of methoxy groups -OCH3 is 1. The van der Waals surface area contributed by atoms with Crippen molar-refractivity contribution in [2.24, 2.45) is 11.8 Å². The highest BCUT2D eigenvalue weighted by atomic mass is 35.5. The summed E-state index contributed by atoms with van der Waals surface area (Å²) in [6, 6.07) is 19.7. The lowest BCUT2D eigenvalue weighted by Crippen LogP contribution is -2.36. The lowest BCUT2D eigenvalue weighted by Gasteiger charge is -2.29. The average Bonchev–Trinajstić information content (AvgIpc) is 3.65. The van der Waals surface area contributed by atoms with Crippen molar-refractivity contribution in [2.75, 3.05) is 13.7 Å². The van der Waals surface area contributed by atoms with Gasteiger partial charge in [0.05, 0.1) is 12.7 Å². The molecule has 4 rings (SSSR count). The third-order valence-corrected chi connectivity index (χ3v) is 7.31. The Balaban J connectivity index is 0.00000216. The number of halogens is 2. The van der Waals surface area contributed by atoms with Crippen molar-refractivity contribution >= 4 is 36.9 Å². The predicted molar refractivity (Wildman–Crippen MR) is 149 cm³/mol. The minimum atomic E-state index is -0.280. The van der Waals surface area contributed by atoms with Crippen LogP contribution in [0.1, 0.15) is 66.9 Å². The molecule has 0 bridgehead atoms. The summed E-state index contributed by atoms with van der Waals surface area (Å²) in [6.45, 7) is 4.30. The molecule has 0 heterocycles. The van der Waals surface area contributed by atoms with Crippen LogP contribution < -0.4 is 10.6 Å². The van der Waals surface area contributed by atoms with Crippen LogP contribution in [0, 0.1) is 11.8 Å². The third-order valence-electron chi connectivity index (χ3n) is 7.31. The van der Waals surface area contributed by atoms with Gasteiger partial charge in [0.25, 0.3) is 0 Å². The van der Waals surface area contributed by atoms with E-state index >= 15 is 0 Å². The molecule has 4 nitrogen and oxygen atoms in total. The van der Waals surface area contributed by atoms with Gasteiger partial charge in [0.1, 0.15) is 0 Å². The standard InChI is InChI=1S/C29H38N2O2.2ClH/c1-3-24(17-21-7-5-4-6-8-21)27-18-28(27)31-20-23-11-15-26(16-12-23)30-19-22-9-13-25(14-10-22)29(32)33-2;;/h4-10,13-14,17,23,26-28,30-31H,3,11-12,15-16,18-20H2,1-2H3;2*1H/b24-17+;;/t23-,26-,27?,28?;;. The van der Waals surface area contributed by atoms with E-state index in [1.54, 1.807) is 5.57 Å². The molecular weight excluding hydrogens is 479 g/mol. The summed E-state index contributed by atoms with van der Waals surface area (Å²) in [6.07, 6.45) is 9.90. The first-order valence-corrected chi connectivity index (χ1v) is 12.6. The van der Waals surface area contributed by atoms with Crippen LogP contribution in [0.2, 0.25) is 0 Å². The number of hydrogen-bond donors (Lipinski definition) is 2. The third kappa shape index (κ3) is 8.64. The number of esters is 1. The minimum Gasteiger partial charge on any atom is -0.465 e. The number of carbonyl (C=O) groups is 1. The fraction of sp³-hybridized carbons (Fsp3) is 0.483. The molecule has 35 heavy (non-hydrogen) atoms. The summed E-state index contributed by atoms with van der Waals surface area (Å²) in [5.41, 5.74) is 4.73. The molecule has 2 fully saturated rings. The van der Waals surface area contributed by atoms with Crippen molar-refractivity contribution in [3.05, 3.63) is 76.9 Å². The summed E-state index contributed by atoms with van der Waals surface area (Å²) < 4.78 is 4.76. The van der Waals surface area contributed by atoms with Crippen LogP contribution in [0.15, 0.2) is 60.2 Å². The van der Waals surface area contributed by atoms with Crippen molar-refractivity contribution in [1.29, 1.82) is 0 Å². The highest BCUT2D eigenvalue weighted by molar-refractivity contribution is 5.89. The summed E-state index contributed by atoms with van der Waals surface area (Å²) >= 11 is 0. The number of carbonyl (C=O) groups excluding carboxylic acids is 1. The molecule has 0 aromatic heterocycles. The van der Waals surface area contributed by atoms with Crippen LogP contribution >= 0.6 is 24.8 Å². The summed E-state index contributed by atoms with van der Waals surface area (Å²) in [5.74, 6) is 1.24. The average molecular weight is 520 g/mol. The maximum absolute atomic E-state index is 11.6. The largest absolute Gasteiger partial charge is 0.465 e. The van der Waals surface area contributed by atoms with Crippen molar-refractivity contribution in [3.63, 3.8) is 0 Å². The van der Waals surface area contributed by atoms with Crippen LogP contribution in [-0.4, -0.2) is 31.7 Å². The van der Waals surface area contributed by atoms with Gasteiger partial charge in [-0.3, -0.25) is 0 Å². The molecule has 192 valence electrons. The van der Waals surface area contributed by atoms with Crippen LogP contribution in [-0.2, 0) is 11.3 Å². The van der Waals surface area contributed by atoms with Gasteiger partial charge in [-0.05, 0) is 80.2 Å². The number of rotatable bonds is 10. The molecule has 2 unspecified atom stereocenters. The van der Waals surface area contributed by atoms with Gasteiger partial charge >= 0.3 is 5.97 Å². The first-order chi connectivity index (χ1) is 16.2. The van der Waals surface area contributed by atoms with Gasteiger partial charge < -0.3 is 15.4 Å². The molecule has 0 aliphatic heterocycles. The fourth-order valence-corrected chi connectivity index (χ4v) is 5.09. The van der Waals surface area contributed by atoms with Crippen LogP contribution in [0.4, 0.5) is 0 Å².